The second-order valence-corrected chi connectivity index (χ2v) is 26.2. The van der Waals surface area contributed by atoms with Crippen molar-refractivity contribution in [2.45, 2.75) is 108 Å². The number of rotatable bonds is 38. The Morgan fingerprint density at radius 1 is 0.546 bits per heavy atom. The summed E-state index contributed by atoms with van der Waals surface area (Å²) in [7, 11) is 7.70. The number of carbonyl (C=O) groups is 11. The smallest absolute Gasteiger partial charge is 0.326 e. The van der Waals surface area contributed by atoms with Crippen LogP contribution in [-0.2, 0) is 56.1 Å². The number of phenolic OH excluding ortho intramolecular Hbond substituents is 1. The molecule has 0 saturated carbocycles. The molecule has 5 aromatic carbocycles. The number of aliphatic carboxylic acids is 3. The number of carbonyl (C=O) groups excluding carboxylic acids is 8. The van der Waals surface area contributed by atoms with E-state index in [0.29, 0.717) is 41.9 Å². The Balaban J connectivity index is 0.815. The van der Waals surface area contributed by atoms with Crippen molar-refractivity contribution in [3.63, 3.8) is 0 Å². The lowest BCUT2D eigenvalue weighted by Gasteiger charge is -2.27. The molecule has 8 rings (SSSR count). The number of unbranched alkanes of at least 4 members (excludes halogenated alkanes) is 2. The van der Waals surface area contributed by atoms with Crippen molar-refractivity contribution in [3.8, 4) is 28.2 Å². The highest BCUT2D eigenvalue weighted by Crippen LogP contribution is 2.44. The number of nitrogens with one attached hydrogen (secondary N) is 10. The second kappa shape index (κ2) is 40.8. The number of carboxylic acids is 3. The molecule has 0 saturated heterocycles. The van der Waals surface area contributed by atoms with E-state index in [2.05, 4.69) is 53.2 Å². The lowest BCUT2D eigenvalue weighted by Crippen LogP contribution is -2.51. The second-order valence-electron chi connectivity index (χ2n) is 26.2. The van der Waals surface area contributed by atoms with E-state index >= 15 is 0 Å². The summed E-state index contributed by atoms with van der Waals surface area (Å²) >= 11 is 0. The Morgan fingerprint density at radius 3 is 1.82 bits per heavy atom. The highest BCUT2D eigenvalue weighted by atomic mass is 16.5. The van der Waals surface area contributed by atoms with Gasteiger partial charge in [0, 0.05) is 131 Å². The standard InChI is InChI=1S/C78H93N13O17/c1-89(2)54-27-30-57-65(46-54)108-66-47-55(90(3)4)28-31-58(66)71(57)56-29-26-53(45-64(56)92)84-77(105)85-59(21-12-14-37-79-67(93)33-34-68(94)80-39-36-69(95)91-48-52-20-9-8-18-50(52)24-25-51-19-10-11-23-63(51)91)72(98)82-40-42-107-43-41-83-76(104)88-62(44-49-16-6-5-7-17-49)73(99)81-38-15-13-22-60(74(100)101)86-78(106)87-61(75(102)103)32-35-70(96)97/h5-11,16-20,23-31,45-47,59-62H,12-15,21-22,32-44,48H2,1-4H3,(H13,79,80,81,82,83,84,85,86,87,88,92,93,94,96,97,98,99,100,101,102,103,104,105,106)/p+1/b25-24-. The minimum absolute atomic E-state index is 0.0179. The van der Waals surface area contributed by atoms with E-state index in [0.717, 1.165) is 49.9 Å². The maximum atomic E-state index is 13.9. The zero-order valence-electron chi connectivity index (χ0n) is 60.7. The first kappa shape index (κ1) is 81.3. The van der Waals surface area contributed by atoms with Crippen molar-refractivity contribution in [1.82, 2.24) is 52.4 Å². The van der Waals surface area contributed by atoms with Gasteiger partial charge in [-0.3, -0.25) is 28.8 Å². The lowest BCUT2D eigenvalue weighted by atomic mass is 9.92. The Hall–Kier alpha value is -12.3. The quantitative estimate of drug-likeness (QED) is 0.0116. The summed E-state index contributed by atoms with van der Waals surface area (Å²) in [5, 5.41) is 67.5. The average molecular weight is 1490 g/mol. The number of urea groups is 3. The maximum absolute atomic E-state index is 13.9. The molecule has 3 aliphatic rings. The molecule has 30 nitrogen and oxygen atoms in total. The number of anilines is 3. The summed E-state index contributed by atoms with van der Waals surface area (Å²) in [6.07, 6.45) is 4.12. The SMILES string of the molecule is CN(C)c1ccc2c(-c3ccc(NC(=O)NC(CCCCNC(=O)CCC(=O)NCCC(=O)N4Cc5ccccc5/C=C\c5ccccc54)C(=O)NCCOCCNC(=O)NC(Cc4ccccc4)C(=O)NCCCCC(NC(=O)NC(CCC(=O)O)C(=O)O)C(=O)O)cc3O)c3ccc(=[N+](C)C)cc-3oc2c1. The third kappa shape index (κ3) is 24.9. The molecule has 4 atom stereocenters. The van der Waals surface area contributed by atoms with Gasteiger partial charge in [-0.1, -0.05) is 84.9 Å². The van der Waals surface area contributed by atoms with Crippen LogP contribution in [0.15, 0.2) is 138 Å². The number of fused-ring (bicyclic) bond motifs is 4. The highest BCUT2D eigenvalue weighted by molar-refractivity contribution is 6.05. The van der Waals surface area contributed by atoms with Crippen LogP contribution in [0.1, 0.15) is 92.9 Å². The number of hydrogen-bond donors (Lipinski definition) is 14. The van der Waals surface area contributed by atoms with E-state index in [1.54, 1.807) is 47.4 Å². The van der Waals surface area contributed by atoms with Crippen molar-refractivity contribution >= 4 is 106 Å². The van der Waals surface area contributed by atoms with Gasteiger partial charge in [-0.2, -0.15) is 0 Å². The number of carboxylic acid groups (broad SMARTS) is 3. The molecule has 0 spiro atoms. The number of amides is 11. The van der Waals surface area contributed by atoms with Crippen molar-refractivity contribution in [1.29, 1.82) is 0 Å². The summed E-state index contributed by atoms with van der Waals surface area (Å²) in [4.78, 5) is 144. The van der Waals surface area contributed by atoms with E-state index in [1.807, 2.05) is 135 Å². The van der Waals surface area contributed by atoms with Crippen LogP contribution in [0.3, 0.4) is 0 Å². The van der Waals surface area contributed by atoms with Crippen LogP contribution in [0.4, 0.5) is 31.4 Å². The van der Waals surface area contributed by atoms with Crippen LogP contribution in [0.2, 0.25) is 0 Å². The number of hydrogen-bond acceptors (Lipinski definition) is 15. The fraction of sp³-hybridized carbons (Fsp3) is 0.359. The molecule has 108 heavy (non-hydrogen) atoms. The number of benzene rings is 6. The van der Waals surface area contributed by atoms with Crippen LogP contribution in [0.5, 0.6) is 5.75 Å². The van der Waals surface area contributed by atoms with Crippen molar-refractivity contribution in [3.05, 3.63) is 161 Å². The van der Waals surface area contributed by atoms with Gasteiger partial charge in [-0.15, -0.1) is 0 Å². The van der Waals surface area contributed by atoms with Crippen molar-refractivity contribution in [2.75, 3.05) is 89.2 Å². The van der Waals surface area contributed by atoms with Gasteiger partial charge in [-0.05, 0) is 104 Å². The van der Waals surface area contributed by atoms with Gasteiger partial charge >= 0.3 is 36.0 Å². The minimum Gasteiger partial charge on any atom is -0.507 e. The Bertz CT molecular complexity index is 4430. The molecule has 30 heteroatoms. The molecule has 4 unspecified atom stereocenters. The van der Waals surface area contributed by atoms with Gasteiger partial charge in [0.2, 0.25) is 34.9 Å². The normalized spacial score (nSPS) is 12.9. The van der Waals surface area contributed by atoms with Crippen molar-refractivity contribution < 1.29 is 82.3 Å². The first-order valence-corrected chi connectivity index (χ1v) is 35.6. The van der Waals surface area contributed by atoms with Crippen LogP contribution in [0, 0.1) is 0 Å². The topological polar surface area (TPSA) is 421 Å². The summed E-state index contributed by atoms with van der Waals surface area (Å²) < 4.78 is 14.1. The van der Waals surface area contributed by atoms with Gasteiger partial charge < -0.3 is 92.5 Å². The Kier molecular flexibility index (Phi) is 30.7. The van der Waals surface area contributed by atoms with Gasteiger partial charge in [0.15, 0.2) is 0 Å². The monoisotopic (exact) mass is 1480 g/mol. The molecule has 0 aromatic heterocycles. The van der Waals surface area contributed by atoms with Crippen molar-refractivity contribution in [2.24, 2.45) is 0 Å². The number of phenols is 1. The average Bonchev–Trinajstić information content (AvgIpc) is 0.747. The third-order valence-electron chi connectivity index (χ3n) is 17.8. The summed E-state index contributed by atoms with van der Waals surface area (Å²) in [6.45, 7) is 0.599. The predicted molar refractivity (Wildman–Crippen MR) is 407 cm³/mol. The molecule has 0 bridgehead atoms. The molecular weight excluding hydrogens is 1390 g/mol. The predicted octanol–water partition coefficient (Wildman–Crippen LogP) is 6.19. The summed E-state index contributed by atoms with van der Waals surface area (Å²) in [6, 6.07) is 32.9. The zero-order valence-corrected chi connectivity index (χ0v) is 60.7. The fourth-order valence-corrected chi connectivity index (χ4v) is 12.0. The van der Waals surface area contributed by atoms with Gasteiger partial charge in [0.05, 0.1) is 31.5 Å². The number of nitrogens with zero attached hydrogens (tertiary/aromatic N) is 3. The fourth-order valence-electron chi connectivity index (χ4n) is 12.0. The Labute approximate surface area is 624 Å². The lowest BCUT2D eigenvalue weighted by molar-refractivity contribution is -0.141. The molecule has 5 aromatic rings. The first-order chi connectivity index (χ1) is 51.9. The van der Waals surface area contributed by atoms with E-state index in [1.165, 1.54) is 6.07 Å². The third-order valence-corrected chi connectivity index (χ3v) is 17.8. The summed E-state index contributed by atoms with van der Waals surface area (Å²) in [5.74, 6) is -5.79. The molecule has 0 fully saturated rings. The van der Waals surface area contributed by atoms with Gasteiger partial charge in [-0.25, -0.2) is 28.5 Å². The molecule has 14 N–H and O–H groups in total. The zero-order chi connectivity index (χ0) is 77.7. The van der Waals surface area contributed by atoms with Crippen LogP contribution >= 0.6 is 0 Å². The number of para-hydroxylation sites is 1. The highest BCUT2D eigenvalue weighted by Gasteiger charge is 2.29. The molecule has 0 radical (unpaired) electrons. The molecule has 2 aliphatic heterocycles. The van der Waals surface area contributed by atoms with Crippen LogP contribution in [0.25, 0.3) is 45.6 Å². The van der Waals surface area contributed by atoms with Gasteiger partial charge in [0.1, 0.15) is 55.4 Å². The molecular formula is C78H94N13O17+. The minimum atomic E-state index is -1.57. The maximum Gasteiger partial charge on any atom is 0.326 e. The molecule has 1 aliphatic carbocycles. The van der Waals surface area contributed by atoms with Crippen LogP contribution < -0.4 is 72.9 Å². The largest absolute Gasteiger partial charge is 0.507 e. The molecule has 11 amide bonds. The van der Waals surface area contributed by atoms with Gasteiger partial charge in [0.25, 0.3) is 0 Å². The van der Waals surface area contributed by atoms with E-state index in [-0.39, 0.29) is 121 Å². The Morgan fingerprint density at radius 2 is 1.14 bits per heavy atom. The number of aromatic hydroxyl groups is 1. The van der Waals surface area contributed by atoms with E-state index < -0.39 is 90.7 Å². The van der Waals surface area contributed by atoms with E-state index in [9.17, 15) is 68.1 Å². The molecule has 2 heterocycles. The van der Waals surface area contributed by atoms with E-state index in [4.69, 9.17) is 14.3 Å². The molecule has 572 valence electrons. The number of ether oxygens (including phenoxy) is 1. The van der Waals surface area contributed by atoms with Crippen LogP contribution in [-0.4, -0.2) is 184 Å². The first-order valence-electron chi connectivity index (χ1n) is 35.6. The summed E-state index contributed by atoms with van der Waals surface area (Å²) in [5.41, 5.74) is 8.01.